The fourth-order valence-corrected chi connectivity index (χ4v) is 8.18. The van der Waals surface area contributed by atoms with Gasteiger partial charge in [-0.1, -0.05) is 206 Å². The van der Waals surface area contributed by atoms with Crippen molar-refractivity contribution in [2.24, 2.45) is 0 Å². The van der Waals surface area contributed by atoms with Gasteiger partial charge in [0, 0.05) is 30.8 Å². The summed E-state index contributed by atoms with van der Waals surface area (Å²) < 4.78 is 11.3. The molecule has 1 atom stereocenters. The van der Waals surface area contributed by atoms with Crippen LogP contribution in [0.3, 0.4) is 0 Å². The highest BCUT2D eigenvalue weighted by molar-refractivity contribution is 7.99. The van der Waals surface area contributed by atoms with Crippen molar-refractivity contribution in [3.63, 3.8) is 0 Å². The molecule has 0 saturated heterocycles. The van der Waals surface area contributed by atoms with Crippen molar-refractivity contribution in [2.45, 2.75) is 250 Å². The van der Waals surface area contributed by atoms with Gasteiger partial charge in [0.2, 0.25) is 5.91 Å². The first-order valence-electron chi connectivity index (χ1n) is 24.4. The van der Waals surface area contributed by atoms with Gasteiger partial charge in [-0.05, 0) is 12.8 Å². The molecular formula is C48H93NO8S. The number of aliphatic hydroxyl groups excluding tert-OH is 3. The second-order valence-electron chi connectivity index (χ2n) is 17.0. The maximum atomic E-state index is 12.8. The molecule has 0 heterocycles. The van der Waals surface area contributed by atoms with Crippen LogP contribution in [0.15, 0.2) is 0 Å². The molecule has 4 N–H and O–H groups in total. The first-order chi connectivity index (χ1) is 28.4. The minimum absolute atomic E-state index is 0.00969. The van der Waals surface area contributed by atoms with Crippen LogP contribution in [0.5, 0.6) is 0 Å². The van der Waals surface area contributed by atoms with E-state index in [1.165, 1.54) is 179 Å². The number of hydrogen-bond donors (Lipinski definition) is 4. The molecule has 1 unspecified atom stereocenters. The maximum Gasteiger partial charge on any atom is 0.306 e. The molecular weight excluding hydrogens is 751 g/mol. The molecule has 0 spiro atoms. The van der Waals surface area contributed by atoms with Crippen LogP contribution in [0, 0.1) is 0 Å². The minimum Gasteiger partial charge on any atom is -0.462 e. The van der Waals surface area contributed by atoms with Crippen molar-refractivity contribution >= 4 is 29.6 Å². The number of carbonyl (C=O) groups is 3. The lowest BCUT2D eigenvalue weighted by molar-refractivity contribution is -0.157. The Hall–Kier alpha value is -1.36. The molecule has 0 bridgehead atoms. The number of nitrogens with one attached hydrogen (secondary N) is 1. The number of rotatable bonds is 46. The molecule has 0 radical (unpaired) electrons. The third-order valence-corrected chi connectivity index (χ3v) is 12.4. The highest BCUT2D eigenvalue weighted by Gasteiger charge is 2.29. The molecule has 0 aliphatic rings. The summed E-state index contributed by atoms with van der Waals surface area (Å²) in [7, 11) is 0. The van der Waals surface area contributed by atoms with Gasteiger partial charge in [-0.3, -0.25) is 14.4 Å². The van der Waals surface area contributed by atoms with Crippen molar-refractivity contribution in [2.75, 3.05) is 37.9 Å². The maximum absolute atomic E-state index is 12.8. The Balaban J connectivity index is 4.31. The van der Waals surface area contributed by atoms with E-state index in [1.807, 2.05) is 0 Å². The predicted molar refractivity (Wildman–Crippen MR) is 243 cm³/mol. The second kappa shape index (κ2) is 43.7. The van der Waals surface area contributed by atoms with Crippen LogP contribution in [0.4, 0.5) is 0 Å². The van der Waals surface area contributed by atoms with E-state index in [-0.39, 0.29) is 25.0 Å². The number of aliphatic hydroxyl groups is 3. The molecule has 10 heteroatoms. The summed E-state index contributed by atoms with van der Waals surface area (Å²) in [6.45, 7) is 2.78. The highest BCUT2D eigenvalue weighted by Crippen LogP contribution is 2.17. The monoisotopic (exact) mass is 844 g/mol. The molecule has 0 aliphatic heterocycles. The van der Waals surface area contributed by atoms with Crippen molar-refractivity contribution in [1.82, 2.24) is 5.32 Å². The van der Waals surface area contributed by atoms with Crippen LogP contribution in [0.25, 0.3) is 0 Å². The Morgan fingerprint density at radius 1 is 0.483 bits per heavy atom. The number of amides is 1. The molecule has 0 aromatic rings. The molecule has 0 aromatic heterocycles. The van der Waals surface area contributed by atoms with Crippen LogP contribution in [0.1, 0.15) is 239 Å². The standard InChI is InChI=1S/C48H93NO8S/c1-3-5-7-9-11-13-15-17-19-21-23-25-27-29-31-33-35-46(54)56-39-44(40-58-38-37-45(53)49-48(41-50,42-51)43-52)57-47(55)36-34-32-30-28-26-24-22-20-18-16-14-12-10-8-6-4-2/h44,50-52H,3-43H2,1-2H3,(H,49,53). The molecule has 0 saturated carbocycles. The van der Waals surface area contributed by atoms with Gasteiger partial charge in [-0.15, -0.1) is 0 Å². The SMILES string of the molecule is CCCCCCCCCCCCCCCCCCC(=O)OCC(CSCCC(=O)NC(CO)(CO)CO)OC(=O)CCCCCCCCCCCCCCCCCC. The van der Waals surface area contributed by atoms with E-state index >= 15 is 0 Å². The van der Waals surface area contributed by atoms with Gasteiger partial charge in [0.25, 0.3) is 0 Å². The van der Waals surface area contributed by atoms with E-state index < -0.39 is 37.4 Å². The van der Waals surface area contributed by atoms with E-state index in [0.717, 1.165) is 38.5 Å². The Morgan fingerprint density at radius 3 is 1.16 bits per heavy atom. The lowest BCUT2D eigenvalue weighted by Crippen LogP contribution is -2.57. The molecule has 0 aromatic carbocycles. The first-order valence-corrected chi connectivity index (χ1v) is 25.6. The zero-order chi connectivity index (χ0) is 42.6. The summed E-state index contributed by atoms with van der Waals surface area (Å²) >= 11 is 1.41. The van der Waals surface area contributed by atoms with Crippen molar-refractivity contribution in [3.05, 3.63) is 0 Å². The Labute approximate surface area is 361 Å². The van der Waals surface area contributed by atoms with Crippen molar-refractivity contribution in [3.8, 4) is 0 Å². The number of unbranched alkanes of at least 4 members (excludes halogenated alkanes) is 30. The highest BCUT2D eigenvalue weighted by atomic mass is 32.2. The average Bonchev–Trinajstić information content (AvgIpc) is 3.23. The van der Waals surface area contributed by atoms with Gasteiger partial charge in [0.05, 0.1) is 19.8 Å². The molecule has 58 heavy (non-hydrogen) atoms. The number of ether oxygens (including phenoxy) is 2. The first kappa shape index (κ1) is 56.6. The summed E-state index contributed by atoms with van der Waals surface area (Å²) in [6, 6.07) is 0. The molecule has 9 nitrogen and oxygen atoms in total. The van der Waals surface area contributed by atoms with Crippen LogP contribution in [-0.4, -0.2) is 82.7 Å². The largest absolute Gasteiger partial charge is 0.462 e. The summed E-state index contributed by atoms with van der Waals surface area (Å²) in [4.78, 5) is 37.7. The van der Waals surface area contributed by atoms with E-state index in [0.29, 0.717) is 24.3 Å². The second-order valence-corrected chi connectivity index (χ2v) is 18.2. The summed E-state index contributed by atoms with van der Waals surface area (Å²) in [5.74, 6) is -0.213. The Morgan fingerprint density at radius 2 is 0.810 bits per heavy atom. The van der Waals surface area contributed by atoms with E-state index in [9.17, 15) is 29.7 Å². The van der Waals surface area contributed by atoms with Gasteiger partial charge in [0.15, 0.2) is 0 Å². The molecule has 0 aliphatic carbocycles. The van der Waals surface area contributed by atoms with Crippen LogP contribution >= 0.6 is 11.8 Å². The fourth-order valence-electron chi connectivity index (χ4n) is 7.26. The zero-order valence-electron chi connectivity index (χ0n) is 37.9. The van der Waals surface area contributed by atoms with E-state index in [1.54, 1.807) is 0 Å². The molecule has 0 rings (SSSR count). The fraction of sp³-hybridized carbons (Fsp3) is 0.938. The third-order valence-electron chi connectivity index (χ3n) is 11.3. The van der Waals surface area contributed by atoms with Gasteiger partial charge in [-0.2, -0.15) is 11.8 Å². The quantitative estimate of drug-likeness (QED) is 0.0348. The molecule has 344 valence electrons. The minimum atomic E-state index is -1.47. The van der Waals surface area contributed by atoms with Crippen molar-refractivity contribution < 1.29 is 39.2 Å². The van der Waals surface area contributed by atoms with Gasteiger partial charge >= 0.3 is 11.9 Å². The lowest BCUT2D eigenvalue weighted by atomic mass is 10.0. The number of esters is 2. The third kappa shape index (κ3) is 37.6. The number of thioether (sulfide) groups is 1. The summed E-state index contributed by atoms with van der Waals surface area (Å²) in [5, 5.41) is 31.0. The van der Waals surface area contributed by atoms with Gasteiger partial charge < -0.3 is 30.1 Å². The van der Waals surface area contributed by atoms with E-state index in [4.69, 9.17) is 9.47 Å². The van der Waals surface area contributed by atoms with Gasteiger partial charge in [0.1, 0.15) is 18.2 Å². The predicted octanol–water partition coefficient (Wildman–Crippen LogP) is 11.7. The molecule has 1 amide bonds. The Bertz CT molecular complexity index is 910. The van der Waals surface area contributed by atoms with Gasteiger partial charge in [-0.25, -0.2) is 0 Å². The Kier molecular flexibility index (Phi) is 42.7. The lowest BCUT2D eigenvalue weighted by Gasteiger charge is -2.28. The average molecular weight is 844 g/mol. The van der Waals surface area contributed by atoms with Crippen LogP contribution in [0.2, 0.25) is 0 Å². The smallest absolute Gasteiger partial charge is 0.306 e. The summed E-state index contributed by atoms with van der Waals surface area (Å²) in [6.07, 6.45) is 40.9. The number of hydrogen-bond acceptors (Lipinski definition) is 9. The topological polar surface area (TPSA) is 142 Å². The summed E-state index contributed by atoms with van der Waals surface area (Å²) in [5.41, 5.74) is -1.47. The zero-order valence-corrected chi connectivity index (χ0v) is 38.7. The van der Waals surface area contributed by atoms with Crippen LogP contribution in [-0.2, 0) is 23.9 Å². The van der Waals surface area contributed by atoms with Crippen molar-refractivity contribution in [1.29, 1.82) is 0 Å². The van der Waals surface area contributed by atoms with Crippen LogP contribution < -0.4 is 5.32 Å². The normalized spacial score (nSPS) is 12.2. The van der Waals surface area contributed by atoms with E-state index in [2.05, 4.69) is 19.2 Å². The molecule has 0 fully saturated rings. The number of carbonyl (C=O) groups excluding carboxylic acids is 3.